The maximum Gasteiger partial charge on any atom is 0.232 e. The molecule has 1 aromatic carbocycles. The van der Waals surface area contributed by atoms with Crippen molar-refractivity contribution in [3.8, 4) is 0 Å². The van der Waals surface area contributed by atoms with Crippen LogP contribution in [0, 0.1) is 5.92 Å². The Kier molecular flexibility index (Phi) is 3.44. The van der Waals surface area contributed by atoms with E-state index in [9.17, 15) is 9.90 Å². The molecule has 106 valence electrons. The molecule has 2 atom stereocenters. The number of nitrogens with zero attached hydrogens (tertiary/aromatic N) is 2. The first-order valence-electron chi connectivity index (χ1n) is 7.15. The van der Waals surface area contributed by atoms with Crippen molar-refractivity contribution >= 4 is 22.9 Å². The van der Waals surface area contributed by atoms with Gasteiger partial charge in [-0.1, -0.05) is 12.1 Å². The molecule has 3 rings (SSSR count). The molecular formula is C15H19N3O2. The molecule has 0 radical (unpaired) electrons. The number of amides is 1. The normalized spacial score (nSPS) is 22.3. The molecule has 0 aliphatic heterocycles. The highest BCUT2D eigenvalue weighted by molar-refractivity contribution is 5.93. The number of hydrogen-bond acceptors (Lipinski definition) is 3. The average Bonchev–Trinajstić information content (AvgIpc) is 3.01. The van der Waals surface area contributed by atoms with Crippen molar-refractivity contribution in [2.45, 2.75) is 38.8 Å². The summed E-state index contributed by atoms with van der Waals surface area (Å²) in [5.41, 5.74) is 1.88. The molecule has 1 fully saturated rings. The summed E-state index contributed by atoms with van der Waals surface area (Å²) in [6.45, 7) is 2.76. The van der Waals surface area contributed by atoms with E-state index in [1.54, 1.807) is 0 Å². The van der Waals surface area contributed by atoms with Gasteiger partial charge in [-0.15, -0.1) is 0 Å². The topological polar surface area (TPSA) is 67.2 Å². The van der Waals surface area contributed by atoms with Crippen LogP contribution in [-0.2, 0) is 11.3 Å². The zero-order valence-corrected chi connectivity index (χ0v) is 11.5. The number of aryl methyl sites for hydroxylation is 1. The Balaban J connectivity index is 1.88. The van der Waals surface area contributed by atoms with Crippen LogP contribution < -0.4 is 5.32 Å². The first-order chi connectivity index (χ1) is 9.70. The molecule has 1 amide bonds. The second-order valence-corrected chi connectivity index (χ2v) is 5.26. The number of aliphatic hydroxyl groups is 1. The van der Waals surface area contributed by atoms with Gasteiger partial charge in [0.1, 0.15) is 0 Å². The van der Waals surface area contributed by atoms with Gasteiger partial charge in [0, 0.05) is 6.54 Å². The highest BCUT2D eigenvalue weighted by atomic mass is 16.3. The first-order valence-corrected chi connectivity index (χ1v) is 7.15. The molecule has 1 aliphatic carbocycles. The molecule has 0 bridgehead atoms. The summed E-state index contributed by atoms with van der Waals surface area (Å²) in [6.07, 6.45) is 1.85. The minimum absolute atomic E-state index is 0.125. The van der Waals surface area contributed by atoms with Gasteiger partial charge in [0.25, 0.3) is 0 Å². The van der Waals surface area contributed by atoms with Gasteiger partial charge < -0.3 is 9.67 Å². The van der Waals surface area contributed by atoms with Crippen LogP contribution in [0.15, 0.2) is 24.3 Å². The van der Waals surface area contributed by atoms with Crippen molar-refractivity contribution in [2.75, 3.05) is 5.32 Å². The molecule has 1 saturated carbocycles. The maximum absolute atomic E-state index is 12.2. The summed E-state index contributed by atoms with van der Waals surface area (Å²) < 4.78 is 1.98. The van der Waals surface area contributed by atoms with E-state index in [0.717, 1.165) is 30.4 Å². The lowest BCUT2D eigenvalue weighted by molar-refractivity contribution is -0.122. The van der Waals surface area contributed by atoms with Gasteiger partial charge in [0.2, 0.25) is 11.9 Å². The van der Waals surface area contributed by atoms with Crippen LogP contribution in [0.3, 0.4) is 0 Å². The highest BCUT2D eigenvalue weighted by Gasteiger charge is 2.32. The Morgan fingerprint density at radius 2 is 2.25 bits per heavy atom. The van der Waals surface area contributed by atoms with Crippen LogP contribution in [0.2, 0.25) is 0 Å². The molecule has 0 saturated heterocycles. The number of nitrogens with one attached hydrogen (secondary N) is 1. The summed E-state index contributed by atoms with van der Waals surface area (Å²) in [4.78, 5) is 16.7. The fourth-order valence-electron chi connectivity index (χ4n) is 2.94. The number of rotatable bonds is 3. The monoisotopic (exact) mass is 273 g/mol. The molecule has 0 spiro atoms. The number of carbonyl (C=O) groups excluding carboxylic acids is 1. The second-order valence-electron chi connectivity index (χ2n) is 5.26. The molecule has 20 heavy (non-hydrogen) atoms. The largest absolute Gasteiger partial charge is 0.392 e. The van der Waals surface area contributed by atoms with Crippen molar-refractivity contribution in [3.05, 3.63) is 24.3 Å². The van der Waals surface area contributed by atoms with Crippen molar-refractivity contribution < 1.29 is 9.90 Å². The second kappa shape index (κ2) is 5.25. The number of aromatic nitrogens is 2. The minimum atomic E-state index is -0.519. The van der Waals surface area contributed by atoms with E-state index < -0.39 is 6.10 Å². The smallest absolute Gasteiger partial charge is 0.232 e. The molecule has 1 heterocycles. The van der Waals surface area contributed by atoms with E-state index in [0.29, 0.717) is 12.4 Å². The van der Waals surface area contributed by atoms with Gasteiger partial charge >= 0.3 is 0 Å². The summed E-state index contributed by atoms with van der Waals surface area (Å²) in [7, 11) is 0. The third-order valence-electron chi connectivity index (χ3n) is 4.02. The molecule has 1 aromatic heterocycles. The van der Waals surface area contributed by atoms with Crippen molar-refractivity contribution in [1.82, 2.24) is 9.55 Å². The van der Waals surface area contributed by atoms with E-state index in [1.165, 1.54) is 0 Å². The first kappa shape index (κ1) is 13.1. The molecule has 2 N–H and O–H groups in total. The van der Waals surface area contributed by atoms with Crippen LogP contribution in [0.4, 0.5) is 5.95 Å². The lowest BCUT2D eigenvalue weighted by Gasteiger charge is -2.14. The van der Waals surface area contributed by atoms with Gasteiger partial charge in [-0.05, 0) is 38.3 Å². The quantitative estimate of drug-likeness (QED) is 0.900. The average molecular weight is 273 g/mol. The summed E-state index contributed by atoms with van der Waals surface area (Å²) in [5.74, 6) is 0.137. The van der Waals surface area contributed by atoms with Gasteiger partial charge in [0.15, 0.2) is 0 Å². The highest BCUT2D eigenvalue weighted by Crippen LogP contribution is 2.27. The Morgan fingerprint density at radius 1 is 1.45 bits per heavy atom. The number of para-hydroxylation sites is 2. The van der Waals surface area contributed by atoms with Crippen LogP contribution in [0.5, 0.6) is 0 Å². The van der Waals surface area contributed by atoms with Crippen LogP contribution in [0.25, 0.3) is 11.0 Å². The number of fused-ring (bicyclic) bond motifs is 1. The van der Waals surface area contributed by atoms with E-state index >= 15 is 0 Å². The van der Waals surface area contributed by atoms with Gasteiger partial charge in [-0.25, -0.2) is 4.98 Å². The van der Waals surface area contributed by atoms with Gasteiger partial charge in [-0.2, -0.15) is 0 Å². The Hall–Kier alpha value is -1.88. The predicted octanol–water partition coefficient (Wildman–Crippen LogP) is 2.16. The van der Waals surface area contributed by atoms with Gasteiger partial charge in [0.05, 0.1) is 23.1 Å². The zero-order valence-electron chi connectivity index (χ0n) is 11.5. The third-order valence-corrected chi connectivity index (χ3v) is 4.02. The lowest BCUT2D eigenvalue weighted by Crippen LogP contribution is -2.29. The van der Waals surface area contributed by atoms with E-state index in [-0.39, 0.29) is 11.8 Å². The number of aliphatic hydroxyl groups excluding tert-OH is 1. The Labute approximate surface area is 117 Å². The van der Waals surface area contributed by atoms with E-state index in [1.807, 2.05) is 35.8 Å². The van der Waals surface area contributed by atoms with Crippen molar-refractivity contribution in [1.29, 1.82) is 0 Å². The van der Waals surface area contributed by atoms with Gasteiger partial charge in [-0.3, -0.25) is 10.1 Å². The molecule has 5 heteroatoms. The molecule has 2 unspecified atom stereocenters. The zero-order chi connectivity index (χ0) is 14.1. The van der Waals surface area contributed by atoms with Crippen molar-refractivity contribution in [3.63, 3.8) is 0 Å². The fourth-order valence-corrected chi connectivity index (χ4v) is 2.94. The van der Waals surface area contributed by atoms with Crippen LogP contribution in [-0.4, -0.2) is 26.7 Å². The fraction of sp³-hybridized carbons (Fsp3) is 0.467. The number of benzene rings is 1. The van der Waals surface area contributed by atoms with Crippen LogP contribution in [0.1, 0.15) is 26.2 Å². The number of hydrogen-bond donors (Lipinski definition) is 2. The SMILES string of the molecule is CCn1c(NC(=O)C2CCCC2O)nc2ccccc21. The standard InChI is InChI=1S/C15H19N3O2/c1-2-18-12-8-4-3-7-11(12)16-15(18)17-14(20)10-6-5-9-13(10)19/h3-4,7-8,10,13,19H,2,5-6,9H2,1H3,(H,16,17,20). The molecule has 1 aliphatic rings. The number of anilines is 1. The molecular weight excluding hydrogens is 254 g/mol. The van der Waals surface area contributed by atoms with Crippen LogP contribution >= 0.6 is 0 Å². The molecule has 2 aromatic rings. The number of imidazole rings is 1. The predicted molar refractivity (Wildman–Crippen MR) is 77.4 cm³/mol. The number of carbonyl (C=O) groups is 1. The summed E-state index contributed by atoms with van der Waals surface area (Å²) >= 11 is 0. The maximum atomic E-state index is 12.2. The van der Waals surface area contributed by atoms with Crippen molar-refractivity contribution in [2.24, 2.45) is 5.92 Å². The minimum Gasteiger partial charge on any atom is -0.392 e. The van der Waals surface area contributed by atoms with E-state index in [4.69, 9.17) is 0 Å². The molecule has 5 nitrogen and oxygen atoms in total. The summed E-state index contributed by atoms with van der Waals surface area (Å²) in [5, 5.41) is 12.7. The Morgan fingerprint density at radius 3 is 2.95 bits per heavy atom. The lowest BCUT2D eigenvalue weighted by atomic mass is 10.1. The third kappa shape index (κ3) is 2.18. The van der Waals surface area contributed by atoms with E-state index in [2.05, 4.69) is 10.3 Å². The Bertz CT molecular complexity index is 635. The summed E-state index contributed by atoms with van der Waals surface area (Å²) in [6, 6.07) is 7.82.